The number of ether oxygens (including phenoxy) is 1. The van der Waals surface area contributed by atoms with E-state index in [-0.39, 0.29) is 23.7 Å². The van der Waals surface area contributed by atoms with E-state index in [1.165, 1.54) is 18.4 Å². The van der Waals surface area contributed by atoms with E-state index >= 15 is 0 Å². The molecule has 4 atom stereocenters. The van der Waals surface area contributed by atoms with Gasteiger partial charge in [-0.25, -0.2) is 4.98 Å². The molecule has 2 heterocycles. The molecule has 0 radical (unpaired) electrons. The van der Waals surface area contributed by atoms with Gasteiger partial charge >= 0.3 is 5.97 Å². The third kappa shape index (κ3) is 2.95. The van der Waals surface area contributed by atoms with Crippen LogP contribution in [0.3, 0.4) is 0 Å². The fourth-order valence-corrected chi connectivity index (χ4v) is 4.92. The highest BCUT2D eigenvalue weighted by molar-refractivity contribution is 5.74. The number of aromatic nitrogens is 2. The van der Waals surface area contributed by atoms with Gasteiger partial charge in [0.15, 0.2) is 0 Å². The smallest absolute Gasteiger partial charge is 0.309 e. The zero-order chi connectivity index (χ0) is 18.3. The van der Waals surface area contributed by atoms with Crippen LogP contribution < -0.4 is 10.6 Å². The second kappa shape index (κ2) is 6.89. The molecule has 2 aliphatic carbocycles. The molecule has 0 aromatic carbocycles. The molecule has 4 rings (SSSR count). The molecule has 0 spiro atoms. The van der Waals surface area contributed by atoms with E-state index < -0.39 is 0 Å². The van der Waals surface area contributed by atoms with Crippen LogP contribution in [-0.4, -0.2) is 35.6 Å². The number of hydrogen-bond acceptors (Lipinski definition) is 6. The maximum atomic E-state index is 12.6. The van der Waals surface area contributed by atoms with E-state index in [1.54, 1.807) is 0 Å². The fourth-order valence-electron chi connectivity index (χ4n) is 4.92. The molecule has 1 aromatic heterocycles. The molecular weight excluding hydrogens is 328 g/mol. The topological polar surface area (TPSA) is 81.3 Å². The van der Waals surface area contributed by atoms with Crippen molar-refractivity contribution in [3.63, 3.8) is 0 Å². The number of esters is 1. The summed E-state index contributed by atoms with van der Waals surface area (Å²) < 4.78 is 5.37. The van der Waals surface area contributed by atoms with E-state index in [4.69, 9.17) is 10.5 Å². The molecule has 1 aromatic rings. The van der Waals surface area contributed by atoms with Crippen LogP contribution >= 0.6 is 0 Å². The van der Waals surface area contributed by atoms with Crippen LogP contribution in [0.5, 0.6) is 0 Å². The molecule has 0 saturated carbocycles. The molecule has 140 valence electrons. The Morgan fingerprint density at radius 2 is 2.08 bits per heavy atom. The minimum Gasteiger partial charge on any atom is -0.466 e. The largest absolute Gasteiger partial charge is 0.466 e. The van der Waals surface area contributed by atoms with Gasteiger partial charge in [-0.1, -0.05) is 19.1 Å². The Balaban J connectivity index is 1.63. The quantitative estimate of drug-likeness (QED) is 0.661. The number of hydrogen-bond donors (Lipinski definition) is 1. The van der Waals surface area contributed by atoms with Gasteiger partial charge in [0.1, 0.15) is 5.82 Å². The first kappa shape index (κ1) is 17.3. The number of carbonyl (C=O) groups is 1. The Morgan fingerprint density at radius 1 is 1.27 bits per heavy atom. The number of carbonyl (C=O) groups excluding carboxylic acids is 1. The predicted octanol–water partition coefficient (Wildman–Crippen LogP) is 2.38. The Kier molecular flexibility index (Phi) is 4.59. The molecule has 1 fully saturated rings. The summed E-state index contributed by atoms with van der Waals surface area (Å²) in [6, 6.07) is 0. The van der Waals surface area contributed by atoms with Crippen LogP contribution in [0.4, 0.5) is 11.8 Å². The molecule has 1 aliphatic heterocycles. The lowest BCUT2D eigenvalue weighted by Gasteiger charge is -2.32. The SMILES string of the molecule is CCOC(=O)[C@@H]1[C@H]2CN(c3nc(N)nc4c3CCCC4)C[C@@H]2C=C[C@@H]1C. The first-order chi connectivity index (χ1) is 12.6. The second-order valence-electron chi connectivity index (χ2n) is 7.79. The molecule has 6 nitrogen and oxygen atoms in total. The number of fused-ring (bicyclic) bond motifs is 2. The van der Waals surface area contributed by atoms with Crippen LogP contribution in [0.25, 0.3) is 0 Å². The maximum Gasteiger partial charge on any atom is 0.309 e. The van der Waals surface area contributed by atoms with Crippen LogP contribution in [0.2, 0.25) is 0 Å². The van der Waals surface area contributed by atoms with Gasteiger partial charge in [0.25, 0.3) is 0 Å². The van der Waals surface area contributed by atoms with Crippen molar-refractivity contribution in [3.05, 3.63) is 23.4 Å². The van der Waals surface area contributed by atoms with Crippen molar-refractivity contribution in [2.45, 2.75) is 39.5 Å². The molecule has 1 saturated heterocycles. The van der Waals surface area contributed by atoms with Crippen molar-refractivity contribution in [3.8, 4) is 0 Å². The summed E-state index contributed by atoms with van der Waals surface area (Å²) in [5, 5.41) is 0. The van der Waals surface area contributed by atoms with Crippen molar-refractivity contribution in [1.29, 1.82) is 0 Å². The van der Waals surface area contributed by atoms with E-state index in [9.17, 15) is 4.79 Å². The highest BCUT2D eigenvalue weighted by Gasteiger charge is 2.45. The number of allylic oxidation sites excluding steroid dienone is 1. The lowest BCUT2D eigenvalue weighted by Crippen LogP contribution is -2.37. The number of aryl methyl sites for hydroxylation is 1. The third-order valence-electron chi connectivity index (χ3n) is 6.14. The molecular formula is C20H28N4O2. The van der Waals surface area contributed by atoms with E-state index in [0.29, 0.717) is 18.5 Å². The van der Waals surface area contributed by atoms with E-state index in [0.717, 1.165) is 37.4 Å². The van der Waals surface area contributed by atoms with Crippen molar-refractivity contribution >= 4 is 17.7 Å². The van der Waals surface area contributed by atoms with E-state index in [1.807, 2.05) is 6.92 Å². The normalized spacial score (nSPS) is 30.0. The summed E-state index contributed by atoms with van der Waals surface area (Å²) in [6.45, 7) is 6.12. The van der Waals surface area contributed by atoms with Gasteiger partial charge in [-0.15, -0.1) is 0 Å². The van der Waals surface area contributed by atoms with Gasteiger partial charge in [0, 0.05) is 18.7 Å². The zero-order valence-corrected chi connectivity index (χ0v) is 15.6. The molecule has 0 unspecified atom stereocenters. The molecule has 0 bridgehead atoms. The summed E-state index contributed by atoms with van der Waals surface area (Å²) in [6.07, 6.45) is 8.80. The van der Waals surface area contributed by atoms with Crippen LogP contribution in [-0.2, 0) is 22.4 Å². The van der Waals surface area contributed by atoms with Gasteiger partial charge in [0.2, 0.25) is 5.95 Å². The number of nitrogens with zero attached hydrogens (tertiary/aromatic N) is 3. The number of anilines is 2. The van der Waals surface area contributed by atoms with Gasteiger partial charge in [0.05, 0.1) is 18.2 Å². The average Bonchev–Trinajstić information content (AvgIpc) is 3.04. The van der Waals surface area contributed by atoms with Gasteiger partial charge in [-0.3, -0.25) is 4.79 Å². The molecule has 3 aliphatic rings. The van der Waals surface area contributed by atoms with E-state index in [2.05, 4.69) is 33.9 Å². The fraction of sp³-hybridized carbons (Fsp3) is 0.650. The minimum atomic E-state index is -0.0787. The second-order valence-corrected chi connectivity index (χ2v) is 7.79. The summed E-state index contributed by atoms with van der Waals surface area (Å²) in [5.74, 6) is 2.04. The Morgan fingerprint density at radius 3 is 2.88 bits per heavy atom. The Labute approximate surface area is 154 Å². The van der Waals surface area contributed by atoms with Gasteiger partial charge < -0.3 is 15.4 Å². The molecule has 6 heteroatoms. The number of rotatable bonds is 3. The lowest BCUT2D eigenvalue weighted by molar-refractivity contribution is -0.151. The van der Waals surface area contributed by atoms with Crippen molar-refractivity contribution in [2.75, 3.05) is 30.3 Å². The third-order valence-corrected chi connectivity index (χ3v) is 6.14. The highest BCUT2D eigenvalue weighted by Crippen LogP contribution is 2.42. The summed E-state index contributed by atoms with van der Waals surface area (Å²) >= 11 is 0. The first-order valence-corrected chi connectivity index (χ1v) is 9.83. The molecule has 0 amide bonds. The standard InChI is InChI=1S/C20H28N4O2/c1-3-26-19(25)17-12(2)8-9-13-10-24(11-15(13)17)18-14-6-4-5-7-16(14)22-20(21)23-18/h8-9,12-13,15,17H,3-7,10-11H2,1-2H3,(H2,21,22,23)/t12-,13-,15-,17-/m0/s1. The van der Waals surface area contributed by atoms with Crippen molar-refractivity contribution < 1.29 is 9.53 Å². The number of nitrogen functional groups attached to an aromatic ring is 1. The average molecular weight is 356 g/mol. The van der Waals surface area contributed by atoms with Crippen LogP contribution in [0, 0.1) is 23.7 Å². The minimum absolute atomic E-state index is 0.0644. The Hall–Kier alpha value is -2.11. The first-order valence-electron chi connectivity index (χ1n) is 9.83. The zero-order valence-electron chi connectivity index (χ0n) is 15.6. The molecule has 2 N–H and O–H groups in total. The monoisotopic (exact) mass is 356 g/mol. The summed E-state index contributed by atoms with van der Waals surface area (Å²) in [4.78, 5) is 24.0. The van der Waals surface area contributed by atoms with Gasteiger partial charge in [-0.05, 0) is 50.4 Å². The summed E-state index contributed by atoms with van der Waals surface area (Å²) in [5.41, 5.74) is 8.37. The predicted molar refractivity (Wildman–Crippen MR) is 101 cm³/mol. The highest BCUT2D eigenvalue weighted by atomic mass is 16.5. The van der Waals surface area contributed by atoms with Crippen molar-refractivity contribution in [2.24, 2.45) is 23.7 Å². The van der Waals surface area contributed by atoms with Crippen LogP contribution in [0.1, 0.15) is 37.9 Å². The van der Waals surface area contributed by atoms with Crippen molar-refractivity contribution in [1.82, 2.24) is 9.97 Å². The van der Waals surface area contributed by atoms with Crippen LogP contribution in [0.15, 0.2) is 12.2 Å². The maximum absolute atomic E-state index is 12.6. The molecule has 26 heavy (non-hydrogen) atoms. The Bertz CT molecular complexity index is 733. The number of nitrogens with two attached hydrogens (primary N) is 1. The lowest BCUT2D eigenvalue weighted by atomic mass is 9.72. The van der Waals surface area contributed by atoms with Gasteiger partial charge in [-0.2, -0.15) is 4.98 Å². The summed E-state index contributed by atoms with van der Waals surface area (Å²) in [7, 11) is 0.